The Morgan fingerprint density at radius 3 is 2.70 bits per heavy atom. The smallest absolute Gasteiger partial charge is 0.254 e. The Labute approximate surface area is 120 Å². The zero-order valence-corrected chi connectivity index (χ0v) is 12.4. The molecule has 1 amide bonds. The molecule has 2 rings (SSSR count). The van der Waals surface area contributed by atoms with Crippen LogP contribution in [-0.4, -0.2) is 53.5 Å². The van der Waals surface area contributed by atoms with Gasteiger partial charge in [0.25, 0.3) is 5.91 Å². The molecule has 1 fully saturated rings. The van der Waals surface area contributed by atoms with Crippen molar-refractivity contribution in [2.45, 2.75) is 26.3 Å². The van der Waals surface area contributed by atoms with Gasteiger partial charge < -0.3 is 15.5 Å². The van der Waals surface area contributed by atoms with Gasteiger partial charge in [-0.1, -0.05) is 0 Å². The van der Waals surface area contributed by atoms with E-state index in [0.29, 0.717) is 17.4 Å². The van der Waals surface area contributed by atoms with Crippen LogP contribution in [0.15, 0.2) is 12.4 Å². The molecule has 2 heterocycles. The van der Waals surface area contributed by atoms with E-state index in [0.717, 1.165) is 26.1 Å². The summed E-state index contributed by atoms with van der Waals surface area (Å²) in [7, 11) is 2.11. The van der Waals surface area contributed by atoms with Crippen molar-refractivity contribution < 1.29 is 4.79 Å². The van der Waals surface area contributed by atoms with E-state index in [9.17, 15) is 4.79 Å². The van der Waals surface area contributed by atoms with E-state index >= 15 is 0 Å². The summed E-state index contributed by atoms with van der Waals surface area (Å²) in [6.07, 6.45) is 4.27. The number of anilines is 1. The summed E-state index contributed by atoms with van der Waals surface area (Å²) in [5.41, 5.74) is 0.505. The number of nitrogens with zero attached hydrogens (tertiary/aromatic N) is 3. The number of carbonyl (C=O) groups is 1. The number of amides is 1. The van der Waals surface area contributed by atoms with Gasteiger partial charge in [0, 0.05) is 31.5 Å². The van der Waals surface area contributed by atoms with Crippen LogP contribution in [0.4, 0.5) is 5.95 Å². The van der Waals surface area contributed by atoms with Gasteiger partial charge in [-0.3, -0.25) is 4.79 Å². The first kappa shape index (κ1) is 14.7. The Kier molecular flexibility index (Phi) is 4.89. The van der Waals surface area contributed by atoms with Crippen LogP contribution in [0.5, 0.6) is 0 Å². The number of hydrogen-bond donors (Lipinski definition) is 2. The number of hydrogen-bond acceptors (Lipinski definition) is 5. The van der Waals surface area contributed by atoms with Crippen LogP contribution >= 0.6 is 0 Å². The third-order valence-corrected chi connectivity index (χ3v) is 3.37. The Morgan fingerprint density at radius 1 is 1.45 bits per heavy atom. The minimum atomic E-state index is -0.101. The zero-order chi connectivity index (χ0) is 14.5. The van der Waals surface area contributed by atoms with Gasteiger partial charge in [0.1, 0.15) is 0 Å². The normalized spacial score (nSPS) is 19.3. The second-order valence-electron chi connectivity index (χ2n) is 5.72. The quantitative estimate of drug-likeness (QED) is 0.839. The van der Waals surface area contributed by atoms with Crippen LogP contribution in [0.25, 0.3) is 0 Å². The van der Waals surface area contributed by atoms with E-state index in [4.69, 9.17) is 0 Å². The predicted octanol–water partition coefficient (Wildman–Crippen LogP) is 0.978. The number of likely N-dealkylation sites (tertiary alicyclic amines) is 1. The van der Waals surface area contributed by atoms with Crippen molar-refractivity contribution in [1.82, 2.24) is 20.2 Å². The molecule has 110 valence electrons. The van der Waals surface area contributed by atoms with E-state index in [2.05, 4.69) is 32.5 Å². The molecule has 6 heteroatoms. The molecule has 0 bridgehead atoms. The lowest BCUT2D eigenvalue weighted by molar-refractivity contribution is 0.0947. The summed E-state index contributed by atoms with van der Waals surface area (Å²) < 4.78 is 0. The van der Waals surface area contributed by atoms with Gasteiger partial charge in [0.15, 0.2) is 0 Å². The fourth-order valence-corrected chi connectivity index (χ4v) is 2.31. The van der Waals surface area contributed by atoms with Crippen molar-refractivity contribution in [3.8, 4) is 0 Å². The fraction of sp³-hybridized carbons (Fsp3) is 0.643. The number of carbonyl (C=O) groups excluding carboxylic acids is 1. The first-order valence-corrected chi connectivity index (χ1v) is 7.10. The van der Waals surface area contributed by atoms with Crippen molar-refractivity contribution in [3.63, 3.8) is 0 Å². The summed E-state index contributed by atoms with van der Waals surface area (Å²) in [5, 5.41) is 6.05. The van der Waals surface area contributed by atoms with Crippen molar-refractivity contribution in [3.05, 3.63) is 18.0 Å². The molecule has 0 aliphatic carbocycles. The van der Waals surface area contributed by atoms with Crippen LogP contribution < -0.4 is 10.6 Å². The van der Waals surface area contributed by atoms with Crippen LogP contribution in [0.3, 0.4) is 0 Å². The second-order valence-corrected chi connectivity index (χ2v) is 5.72. The Bertz CT molecular complexity index is 445. The van der Waals surface area contributed by atoms with Crippen LogP contribution in [0, 0.1) is 5.92 Å². The zero-order valence-electron chi connectivity index (χ0n) is 12.4. The number of rotatable bonds is 5. The van der Waals surface area contributed by atoms with Gasteiger partial charge in [-0.25, -0.2) is 9.97 Å². The molecule has 0 spiro atoms. The Balaban J connectivity index is 1.83. The maximum atomic E-state index is 12.0. The molecule has 0 aromatic carbocycles. The van der Waals surface area contributed by atoms with E-state index < -0.39 is 0 Å². The first-order valence-electron chi connectivity index (χ1n) is 7.10. The van der Waals surface area contributed by atoms with Crippen molar-refractivity contribution in [1.29, 1.82) is 0 Å². The second kappa shape index (κ2) is 6.65. The van der Waals surface area contributed by atoms with Gasteiger partial charge in [0.2, 0.25) is 5.95 Å². The highest BCUT2D eigenvalue weighted by atomic mass is 16.1. The Hall–Kier alpha value is -1.69. The molecule has 1 aliphatic heterocycles. The molecule has 0 unspecified atom stereocenters. The highest BCUT2D eigenvalue weighted by Crippen LogP contribution is 2.13. The topological polar surface area (TPSA) is 70.2 Å². The molecule has 6 nitrogen and oxygen atoms in total. The summed E-state index contributed by atoms with van der Waals surface area (Å²) in [6, 6.07) is 0.272. The first-order chi connectivity index (χ1) is 9.54. The third kappa shape index (κ3) is 4.16. The average Bonchev–Trinajstić information content (AvgIpc) is 2.82. The predicted molar refractivity (Wildman–Crippen MR) is 78.7 cm³/mol. The molecule has 2 N–H and O–H groups in total. The lowest BCUT2D eigenvalue weighted by Gasteiger charge is -2.12. The largest absolute Gasteiger partial charge is 0.352 e. The molecular weight excluding hydrogens is 254 g/mol. The van der Waals surface area contributed by atoms with E-state index in [-0.39, 0.29) is 11.9 Å². The fourth-order valence-electron chi connectivity index (χ4n) is 2.31. The maximum absolute atomic E-state index is 12.0. The van der Waals surface area contributed by atoms with Crippen molar-refractivity contribution in [2.75, 3.05) is 32.0 Å². The van der Waals surface area contributed by atoms with Gasteiger partial charge in [-0.05, 0) is 39.8 Å². The molecule has 1 aromatic rings. The monoisotopic (exact) mass is 277 g/mol. The lowest BCUT2D eigenvalue weighted by Crippen LogP contribution is -2.30. The van der Waals surface area contributed by atoms with E-state index in [1.807, 2.05) is 13.8 Å². The molecular formula is C14H23N5O. The molecule has 1 aliphatic rings. The molecule has 1 aromatic heterocycles. The molecule has 1 saturated heterocycles. The van der Waals surface area contributed by atoms with Crippen molar-refractivity contribution in [2.24, 2.45) is 5.92 Å². The molecule has 0 saturated carbocycles. The molecule has 1 atom stereocenters. The van der Waals surface area contributed by atoms with E-state index in [1.54, 1.807) is 12.4 Å². The van der Waals surface area contributed by atoms with E-state index in [1.165, 1.54) is 0 Å². The highest BCUT2D eigenvalue weighted by molar-refractivity contribution is 5.93. The highest BCUT2D eigenvalue weighted by Gasteiger charge is 2.20. The third-order valence-electron chi connectivity index (χ3n) is 3.37. The van der Waals surface area contributed by atoms with Crippen molar-refractivity contribution >= 4 is 11.9 Å². The van der Waals surface area contributed by atoms with Gasteiger partial charge in [-0.2, -0.15) is 0 Å². The van der Waals surface area contributed by atoms with Gasteiger partial charge in [0.05, 0.1) is 5.56 Å². The number of aromatic nitrogens is 2. The molecule has 20 heavy (non-hydrogen) atoms. The van der Waals surface area contributed by atoms with Crippen LogP contribution in [0.2, 0.25) is 0 Å². The summed E-state index contributed by atoms with van der Waals surface area (Å²) in [4.78, 5) is 22.6. The lowest BCUT2D eigenvalue weighted by atomic mass is 10.1. The van der Waals surface area contributed by atoms with Crippen LogP contribution in [0.1, 0.15) is 30.6 Å². The summed E-state index contributed by atoms with van der Waals surface area (Å²) >= 11 is 0. The minimum Gasteiger partial charge on any atom is -0.352 e. The van der Waals surface area contributed by atoms with Gasteiger partial charge in [-0.15, -0.1) is 0 Å². The Morgan fingerprint density at radius 2 is 2.15 bits per heavy atom. The van der Waals surface area contributed by atoms with Crippen LogP contribution in [-0.2, 0) is 0 Å². The molecule has 0 radical (unpaired) electrons. The minimum absolute atomic E-state index is 0.101. The summed E-state index contributed by atoms with van der Waals surface area (Å²) in [5.74, 6) is 0.997. The standard InChI is InChI=1S/C14H23N5O/c1-10(2)18-14-16-7-12(8-17-14)13(20)15-6-11-4-5-19(3)9-11/h7-8,10-11H,4-6,9H2,1-3H3,(H,15,20)(H,16,17,18)/t11-/m0/s1. The van der Waals surface area contributed by atoms with Gasteiger partial charge >= 0.3 is 0 Å². The maximum Gasteiger partial charge on any atom is 0.254 e. The number of nitrogens with one attached hydrogen (secondary N) is 2. The summed E-state index contributed by atoms with van der Waals surface area (Å²) in [6.45, 7) is 6.91. The SMILES string of the molecule is CC(C)Nc1ncc(C(=O)NC[C@@H]2CCN(C)C2)cn1. The average molecular weight is 277 g/mol.